The number of phenolic OH excluding ortho intramolecular Hbond substituents is 1. The SMILES string of the molecule is O=C(O)Cc1ccc(NC(=O)c2cccc(O)c2)cn1. The third kappa shape index (κ3) is 3.55. The van der Waals surface area contributed by atoms with Gasteiger partial charge in [-0.3, -0.25) is 14.6 Å². The number of benzene rings is 1. The van der Waals surface area contributed by atoms with Crippen molar-refractivity contribution >= 4 is 17.6 Å². The Morgan fingerprint density at radius 2 is 2.00 bits per heavy atom. The van der Waals surface area contributed by atoms with Crippen LogP contribution in [-0.4, -0.2) is 27.1 Å². The van der Waals surface area contributed by atoms with Crippen LogP contribution in [0.15, 0.2) is 42.6 Å². The van der Waals surface area contributed by atoms with Crippen LogP contribution in [0.4, 0.5) is 5.69 Å². The van der Waals surface area contributed by atoms with E-state index < -0.39 is 5.97 Å². The van der Waals surface area contributed by atoms with Crippen LogP contribution >= 0.6 is 0 Å². The molecule has 1 aromatic carbocycles. The molecule has 2 rings (SSSR count). The van der Waals surface area contributed by atoms with E-state index in [0.717, 1.165) is 0 Å². The minimum atomic E-state index is -0.964. The average Bonchev–Trinajstić information content (AvgIpc) is 2.40. The summed E-state index contributed by atoms with van der Waals surface area (Å²) < 4.78 is 0. The van der Waals surface area contributed by atoms with Gasteiger partial charge in [0.1, 0.15) is 5.75 Å². The van der Waals surface area contributed by atoms with E-state index in [1.807, 2.05) is 0 Å². The standard InChI is InChI=1S/C14H12N2O4/c17-12-3-1-2-9(6-12)14(20)16-11-5-4-10(15-8-11)7-13(18)19/h1-6,8,17H,7H2,(H,16,20)(H,18,19). The smallest absolute Gasteiger partial charge is 0.309 e. The number of phenols is 1. The Labute approximate surface area is 114 Å². The summed E-state index contributed by atoms with van der Waals surface area (Å²) in [6.07, 6.45) is 1.22. The van der Waals surface area contributed by atoms with E-state index in [1.54, 1.807) is 18.2 Å². The van der Waals surface area contributed by atoms with Gasteiger partial charge in [-0.25, -0.2) is 0 Å². The lowest BCUT2D eigenvalue weighted by atomic mass is 10.2. The van der Waals surface area contributed by atoms with E-state index in [1.165, 1.54) is 24.4 Å². The number of aliphatic carboxylic acids is 1. The number of hydrogen-bond donors (Lipinski definition) is 3. The summed E-state index contributed by atoms with van der Waals surface area (Å²) in [6.45, 7) is 0. The molecule has 20 heavy (non-hydrogen) atoms. The van der Waals surface area contributed by atoms with Crippen molar-refractivity contribution in [1.29, 1.82) is 0 Å². The topological polar surface area (TPSA) is 99.5 Å². The first-order valence-electron chi connectivity index (χ1n) is 5.82. The first-order chi connectivity index (χ1) is 9.54. The predicted molar refractivity (Wildman–Crippen MR) is 71.6 cm³/mol. The molecule has 0 unspecified atom stereocenters. The van der Waals surface area contributed by atoms with Crippen molar-refractivity contribution in [3.63, 3.8) is 0 Å². The van der Waals surface area contributed by atoms with Gasteiger partial charge in [0.2, 0.25) is 0 Å². The maximum atomic E-state index is 11.9. The molecule has 1 amide bonds. The zero-order valence-corrected chi connectivity index (χ0v) is 10.4. The number of rotatable bonds is 4. The number of carboxylic acids is 1. The van der Waals surface area contributed by atoms with Crippen LogP contribution in [0.2, 0.25) is 0 Å². The molecule has 0 fully saturated rings. The Morgan fingerprint density at radius 3 is 2.60 bits per heavy atom. The fourth-order valence-corrected chi connectivity index (χ4v) is 1.61. The summed E-state index contributed by atoms with van der Waals surface area (Å²) >= 11 is 0. The number of nitrogens with one attached hydrogen (secondary N) is 1. The molecule has 0 aliphatic rings. The van der Waals surface area contributed by atoms with E-state index >= 15 is 0 Å². The van der Waals surface area contributed by atoms with Gasteiger partial charge in [0.25, 0.3) is 5.91 Å². The highest BCUT2D eigenvalue weighted by molar-refractivity contribution is 6.04. The fraction of sp³-hybridized carbons (Fsp3) is 0.0714. The second kappa shape index (κ2) is 5.83. The number of nitrogens with zero attached hydrogens (tertiary/aromatic N) is 1. The first kappa shape index (κ1) is 13.5. The largest absolute Gasteiger partial charge is 0.508 e. The molecule has 1 heterocycles. The normalized spacial score (nSPS) is 10.0. The van der Waals surface area contributed by atoms with Crippen LogP contribution < -0.4 is 5.32 Å². The molecule has 0 bridgehead atoms. The van der Waals surface area contributed by atoms with Gasteiger partial charge in [0.15, 0.2) is 0 Å². The summed E-state index contributed by atoms with van der Waals surface area (Å²) in [5, 5.41) is 20.5. The van der Waals surface area contributed by atoms with Gasteiger partial charge in [0.05, 0.1) is 24.0 Å². The number of aromatic hydroxyl groups is 1. The minimum absolute atomic E-state index is 0.00702. The monoisotopic (exact) mass is 272 g/mol. The molecule has 0 radical (unpaired) electrons. The zero-order valence-electron chi connectivity index (χ0n) is 10.4. The minimum Gasteiger partial charge on any atom is -0.508 e. The number of aromatic nitrogens is 1. The molecule has 0 saturated carbocycles. The Hall–Kier alpha value is -2.89. The molecule has 1 aromatic heterocycles. The number of carbonyl (C=O) groups is 2. The van der Waals surface area contributed by atoms with Crippen LogP contribution in [0.25, 0.3) is 0 Å². The third-order valence-corrected chi connectivity index (χ3v) is 2.52. The highest BCUT2D eigenvalue weighted by Crippen LogP contribution is 2.13. The van der Waals surface area contributed by atoms with Gasteiger partial charge >= 0.3 is 5.97 Å². The maximum absolute atomic E-state index is 11.9. The van der Waals surface area contributed by atoms with E-state index in [9.17, 15) is 14.7 Å². The molecule has 0 aliphatic carbocycles. The Morgan fingerprint density at radius 1 is 1.20 bits per heavy atom. The van der Waals surface area contributed by atoms with Crippen LogP contribution in [0, 0.1) is 0 Å². The second-order valence-electron chi connectivity index (χ2n) is 4.11. The van der Waals surface area contributed by atoms with Crippen molar-refractivity contribution in [3.8, 4) is 5.75 Å². The number of pyridine rings is 1. The maximum Gasteiger partial charge on any atom is 0.309 e. The lowest BCUT2D eigenvalue weighted by Crippen LogP contribution is -2.12. The molecule has 0 spiro atoms. The van der Waals surface area contributed by atoms with E-state index in [2.05, 4.69) is 10.3 Å². The Kier molecular flexibility index (Phi) is 3.95. The predicted octanol–water partition coefficient (Wildman–Crippen LogP) is 1.67. The van der Waals surface area contributed by atoms with Crippen LogP contribution in [-0.2, 0) is 11.2 Å². The lowest BCUT2D eigenvalue weighted by molar-refractivity contribution is -0.136. The summed E-state index contributed by atoms with van der Waals surface area (Å²) in [4.78, 5) is 26.3. The van der Waals surface area contributed by atoms with Crippen molar-refractivity contribution in [3.05, 3.63) is 53.9 Å². The Bertz CT molecular complexity index is 638. The molecule has 0 atom stereocenters. The fourth-order valence-electron chi connectivity index (χ4n) is 1.61. The molecule has 0 saturated heterocycles. The number of amides is 1. The van der Waals surface area contributed by atoms with Gasteiger partial charge in [-0.15, -0.1) is 0 Å². The summed E-state index contributed by atoms with van der Waals surface area (Å²) in [5.74, 6) is -1.34. The van der Waals surface area contributed by atoms with Gasteiger partial charge in [0, 0.05) is 5.56 Å². The Balaban J connectivity index is 2.06. The van der Waals surface area contributed by atoms with Gasteiger partial charge < -0.3 is 15.5 Å². The van der Waals surface area contributed by atoms with E-state index in [-0.39, 0.29) is 18.1 Å². The molecule has 6 nitrogen and oxygen atoms in total. The first-order valence-corrected chi connectivity index (χ1v) is 5.82. The molecule has 3 N–H and O–H groups in total. The van der Waals surface area contributed by atoms with Gasteiger partial charge in [-0.1, -0.05) is 6.07 Å². The van der Waals surface area contributed by atoms with Crippen molar-refractivity contribution in [1.82, 2.24) is 4.98 Å². The average molecular weight is 272 g/mol. The molecule has 2 aromatic rings. The van der Waals surface area contributed by atoms with Crippen molar-refractivity contribution < 1.29 is 19.8 Å². The number of anilines is 1. The number of carboxylic acid groups (broad SMARTS) is 1. The zero-order chi connectivity index (χ0) is 14.5. The van der Waals surface area contributed by atoms with E-state index in [4.69, 9.17) is 5.11 Å². The molecular weight excluding hydrogens is 260 g/mol. The van der Waals surface area contributed by atoms with Crippen molar-refractivity contribution in [2.75, 3.05) is 5.32 Å². The molecular formula is C14H12N2O4. The molecule has 6 heteroatoms. The highest BCUT2D eigenvalue weighted by Gasteiger charge is 2.07. The lowest BCUT2D eigenvalue weighted by Gasteiger charge is -2.05. The van der Waals surface area contributed by atoms with Crippen molar-refractivity contribution in [2.45, 2.75) is 6.42 Å². The van der Waals surface area contributed by atoms with Crippen molar-refractivity contribution in [2.24, 2.45) is 0 Å². The summed E-state index contributed by atoms with van der Waals surface area (Å²) in [7, 11) is 0. The second-order valence-corrected chi connectivity index (χ2v) is 4.11. The van der Waals surface area contributed by atoms with Crippen LogP contribution in [0.5, 0.6) is 5.75 Å². The van der Waals surface area contributed by atoms with Gasteiger partial charge in [-0.05, 0) is 30.3 Å². The molecule has 102 valence electrons. The third-order valence-electron chi connectivity index (χ3n) is 2.52. The number of hydrogen-bond acceptors (Lipinski definition) is 4. The molecule has 0 aliphatic heterocycles. The quantitative estimate of drug-likeness (QED) is 0.786. The highest BCUT2D eigenvalue weighted by atomic mass is 16.4. The van der Waals surface area contributed by atoms with Crippen LogP contribution in [0.1, 0.15) is 16.1 Å². The van der Waals surface area contributed by atoms with E-state index in [0.29, 0.717) is 16.9 Å². The summed E-state index contributed by atoms with van der Waals surface area (Å²) in [5.41, 5.74) is 1.18. The summed E-state index contributed by atoms with van der Waals surface area (Å²) in [6, 6.07) is 9.07. The van der Waals surface area contributed by atoms with Gasteiger partial charge in [-0.2, -0.15) is 0 Å². The van der Waals surface area contributed by atoms with Crippen LogP contribution in [0.3, 0.4) is 0 Å². The number of carbonyl (C=O) groups excluding carboxylic acids is 1.